The first-order valence-electron chi connectivity index (χ1n) is 9.24. The van der Waals surface area contributed by atoms with Gasteiger partial charge in [-0.3, -0.25) is 4.99 Å². The van der Waals surface area contributed by atoms with Crippen molar-refractivity contribution in [3.05, 3.63) is 48.0 Å². The molecule has 1 aromatic carbocycles. The van der Waals surface area contributed by atoms with Gasteiger partial charge in [0.2, 0.25) is 0 Å². The quantitative estimate of drug-likeness (QED) is 0.247. The number of benzene rings is 1. The first-order valence-corrected chi connectivity index (χ1v) is 9.24. The van der Waals surface area contributed by atoms with Crippen LogP contribution < -0.4 is 15.4 Å². The molecule has 2 N–H and O–H groups in total. The number of ether oxygens (including phenoxy) is 1. The molecule has 2 rings (SSSR count). The van der Waals surface area contributed by atoms with Gasteiger partial charge in [0.25, 0.3) is 0 Å². The lowest BCUT2D eigenvalue weighted by Crippen LogP contribution is -2.42. The Bertz CT molecular complexity index is 701. The van der Waals surface area contributed by atoms with Crippen molar-refractivity contribution in [1.29, 1.82) is 0 Å². The van der Waals surface area contributed by atoms with E-state index in [4.69, 9.17) is 4.74 Å². The Morgan fingerprint density at radius 2 is 2.07 bits per heavy atom. The average Bonchev–Trinajstić information content (AvgIpc) is 3.02. The largest absolute Gasteiger partial charge is 0.489 e. The summed E-state index contributed by atoms with van der Waals surface area (Å²) in [7, 11) is 1.79. The number of halogens is 1. The lowest BCUT2D eigenvalue weighted by molar-refractivity contribution is 0.223. The van der Waals surface area contributed by atoms with Crippen molar-refractivity contribution in [3.8, 4) is 5.75 Å². The molecule has 1 heterocycles. The summed E-state index contributed by atoms with van der Waals surface area (Å²) < 4.78 is 8.11. The normalized spacial score (nSPS) is 12.2. The highest BCUT2D eigenvalue weighted by Crippen LogP contribution is 2.13. The van der Waals surface area contributed by atoms with Crippen molar-refractivity contribution in [2.45, 2.75) is 46.3 Å². The first kappa shape index (κ1) is 23.3. The molecule has 1 aromatic heterocycles. The molecule has 7 heteroatoms. The second kappa shape index (κ2) is 12.6. The van der Waals surface area contributed by atoms with Crippen LogP contribution in [0, 0.1) is 13.8 Å². The Morgan fingerprint density at radius 3 is 2.74 bits per heavy atom. The molecule has 0 radical (unpaired) electrons. The standard InChI is InChI=1S/C20H31N5O.HI/c1-16-8-7-9-19(14-16)26-17(2)15-24-20(21-4)23-10-5-6-12-25-13-11-22-18(25)3;/h7-9,11,13-14,17H,5-6,10,12,15H2,1-4H3,(H2,21,23,24);1H. The van der Waals surface area contributed by atoms with E-state index in [0.29, 0.717) is 6.54 Å². The summed E-state index contributed by atoms with van der Waals surface area (Å²) in [5, 5.41) is 6.67. The minimum Gasteiger partial charge on any atom is -0.489 e. The van der Waals surface area contributed by atoms with Gasteiger partial charge in [0, 0.05) is 32.5 Å². The summed E-state index contributed by atoms with van der Waals surface area (Å²) in [4.78, 5) is 8.51. The van der Waals surface area contributed by atoms with Gasteiger partial charge in [-0.25, -0.2) is 4.98 Å². The van der Waals surface area contributed by atoms with Gasteiger partial charge in [-0.2, -0.15) is 0 Å². The number of aliphatic imine (C=N–C) groups is 1. The number of aromatic nitrogens is 2. The highest BCUT2D eigenvalue weighted by Gasteiger charge is 2.06. The van der Waals surface area contributed by atoms with E-state index in [1.54, 1.807) is 7.05 Å². The Kier molecular flexibility index (Phi) is 10.8. The molecule has 150 valence electrons. The number of hydrogen-bond donors (Lipinski definition) is 2. The van der Waals surface area contributed by atoms with E-state index in [0.717, 1.165) is 43.5 Å². The number of imidazole rings is 1. The zero-order chi connectivity index (χ0) is 18.8. The molecule has 1 atom stereocenters. The van der Waals surface area contributed by atoms with Gasteiger partial charge in [0.1, 0.15) is 17.7 Å². The maximum Gasteiger partial charge on any atom is 0.191 e. The Balaban J connectivity index is 0.00000364. The fourth-order valence-electron chi connectivity index (χ4n) is 2.68. The van der Waals surface area contributed by atoms with Crippen molar-refractivity contribution in [3.63, 3.8) is 0 Å². The number of guanidine groups is 1. The first-order chi connectivity index (χ1) is 12.6. The topological polar surface area (TPSA) is 63.5 Å². The number of nitrogens with zero attached hydrogens (tertiary/aromatic N) is 3. The third kappa shape index (κ3) is 8.64. The Hall–Kier alpha value is -1.77. The van der Waals surface area contributed by atoms with Gasteiger partial charge in [0.05, 0.1) is 6.54 Å². The third-order valence-electron chi connectivity index (χ3n) is 4.15. The number of rotatable bonds is 9. The maximum atomic E-state index is 5.93. The summed E-state index contributed by atoms with van der Waals surface area (Å²) >= 11 is 0. The molecule has 2 aromatic rings. The van der Waals surface area contributed by atoms with Crippen LogP contribution in [0.4, 0.5) is 0 Å². The predicted octanol–water partition coefficient (Wildman–Crippen LogP) is 3.53. The average molecular weight is 485 g/mol. The van der Waals surface area contributed by atoms with Crippen LogP contribution in [0.2, 0.25) is 0 Å². The molecular formula is C20H32IN5O. The molecule has 0 aliphatic heterocycles. The van der Waals surface area contributed by atoms with Crippen LogP contribution in [-0.4, -0.2) is 41.8 Å². The van der Waals surface area contributed by atoms with Crippen molar-refractivity contribution in [2.24, 2.45) is 4.99 Å². The molecule has 0 bridgehead atoms. The van der Waals surface area contributed by atoms with E-state index >= 15 is 0 Å². The number of aryl methyl sites for hydroxylation is 3. The van der Waals surface area contributed by atoms with Gasteiger partial charge < -0.3 is 19.9 Å². The smallest absolute Gasteiger partial charge is 0.191 e. The lowest BCUT2D eigenvalue weighted by atomic mass is 10.2. The molecule has 0 aliphatic carbocycles. The molecule has 0 amide bonds. The van der Waals surface area contributed by atoms with Crippen LogP contribution in [0.1, 0.15) is 31.2 Å². The van der Waals surface area contributed by atoms with Gasteiger partial charge in [0.15, 0.2) is 5.96 Å². The number of nitrogens with one attached hydrogen (secondary N) is 2. The van der Waals surface area contributed by atoms with E-state index in [9.17, 15) is 0 Å². The van der Waals surface area contributed by atoms with E-state index in [2.05, 4.69) is 45.1 Å². The predicted molar refractivity (Wildman–Crippen MR) is 122 cm³/mol. The Morgan fingerprint density at radius 1 is 1.26 bits per heavy atom. The van der Waals surface area contributed by atoms with Crippen LogP contribution >= 0.6 is 24.0 Å². The van der Waals surface area contributed by atoms with Crippen molar-refractivity contribution >= 4 is 29.9 Å². The molecule has 0 saturated heterocycles. The number of unbranched alkanes of at least 4 members (excludes halogenated alkanes) is 1. The van der Waals surface area contributed by atoms with Crippen LogP contribution in [0.15, 0.2) is 41.7 Å². The molecule has 0 aliphatic rings. The maximum absolute atomic E-state index is 5.93. The minimum absolute atomic E-state index is 0. The molecular weight excluding hydrogens is 453 g/mol. The van der Waals surface area contributed by atoms with Gasteiger partial charge in [-0.05, 0) is 51.3 Å². The molecule has 6 nitrogen and oxygen atoms in total. The third-order valence-corrected chi connectivity index (χ3v) is 4.15. The fraction of sp³-hybridized carbons (Fsp3) is 0.500. The van der Waals surface area contributed by atoms with Crippen LogP contribution in [-0.2, 0) is 6.54 Å². The molecule has 1 unspecified atom stereocenters. The van der Waals surface area contributed by atoms with Crippen LogP contribution in [0.3, 0.4) is 0 Å². The summed E-state index contributed by atoms with van der Waals surface area (Å²) in [5.41, 5.74) is 1.20. The van der Waals surface area contributed by atoms with Crippen LogP contribution in [0.25, 0.3) is 0 Å². The van der Waals surface area contributed by atoms with Crippen molar-refractivity contribution < 1.29 is 4.74 Å². The summed E-state index contributed by atoms with van der Waals surface area (Å²) in [5.74, 6) is 2.78. The lowest BCUT2D eigenvalue weighted by Gasteiger charge is -2.18. The molecule has 0 saturated carbocycles. The van der Waals surface area contributed by atoms with E-state index in [1.807, 2.05) is 37.5 Å². The van der Waals surface area contributed by atoms with Crippen molar-refractivity contribution in [2.75, 3.05) is 20.1 Å². The van der Waals surface area contributed by atoms with E-state index in [-0.39, 0.29) is 30.1 Å². The SMILES string of the molecule is CN=C(NCCCCn1ccnc1C)NCC(C)Oc1cccc(C)c1.I. The molecule has 0 fully saturated rings. The van der Waals surface area contributed by atoms with Crippen molar-refractivity contribution in [1.82, 2.24) is 20.2 Å². The molecule has 0 spiro atoms. The van der Waals surface area contributed by atoms with E-state index < -0.39 is 0 Å². The Labute approximate surface area is 179 Å². The second-order valence-corrected chi connectivity index (χ2v) is 6.50. The zero-order valence-electron chi connectivity index (χ0n) is 16.7. The second-order valence-electron chi connectivity index (χ2n) is 6.50. The minimum atomic E-state index is 0. The van der Waals surface area contributed by atoms with Gasteiger partial charge in [-0.1, -0.05) is 12.1 Å². The molecule has 27 heavy (non-hydrogen) atoms. The summed E-state index contributed by atoms with van der Waals surface area (Å²) in [6, 6.07) is 8.11. The zero-order valence-corrected chi connectivity index (χ0v) is 19.1. The summed E-state index contributed by atoms with van der Waals surface area (Å²) in [6.07, 6.45) is 6.11. The van der Waals surface area contributed by atoms with Gasteiger partial charge >= 0.3 is 0 Å². The van der Waals surface area contributed by atoms with Crippen LogP contribution in [0.5, 0.6) is 5.75 Å². The highest BCUT2D eigenvalue weighted by molar-refractivity contribution is 14.0. The van der Waals surface area contributed by atoms with Gasteiger partial charge in [-0.15, -0.1) is 24.0 Å². The fourth-order valence-corrected chi connectivity index (χ4v) is 2.68. The highest BCUT2D eigenvalue weighted by atomic mass is 127. The summed E-state index contributed by atoms with van der Waals surface area (Å²) in [6.45, 7) is 8.74. The van der Waals surface area contributed by atoms with E-state index in [1.165, 1.54) is 5.56 Å². The number of hydrogen-bond acceptors (Lipinski definition) is 3. The monoisotopic (exact) mass is 485 g/mol.